The third-order valence-corrected chi connectivity index (χ3v) is 1.82. The van der Waals surface area contributed by atoms with Crippen molar-refractivity contribution < 1.29 is 4.79 Å². The van der Waals surface area contributed by atoms with Gasteiger partial charge in [0.1, 0.15) is 4.60 Å². The summed E-state index contributed by atoms with van der Waals surface area (Å²) in [7, 11) is 0. The summed E-state index contributed by atoms with van der Waals surface area (Å²) in [5.41, 5.74) is 1.71. The van der Waals surface area contributed by atoms with Crippen LogP contribution < -0.4 is 5.32 Å². The number of carbonyl (C=O) groups is 1. The Hall–Kier alpha value is -0.900. The largest absolute Gasteiger partial charge is 0.326 e. The average molecular weight is 215 g/mol. The smallest absolute Gasteiger partial charge is 0.211 e. The summed E-state index contributed by atoms with van der Waals surface area (Å²) in [5, 5.41) is 2.53. The van der Waals surface area contributed by atoms with Gasteiger partial charge in [-0.2, -0.15) is 0 Å². The number of nitrogens with zero attached hydrogens (tertiary/aromatic N) is 1. The fourth-order valence-corrected chi connectivity index (χ4v) is 1.05. The summed E-state index contributed by atoms with van der Waals surface area (Å²) < 4.78 is 0.648. The Morgan fingerprint density at radius 1 is 1.73 bits per heavy atom. The van der Waals surface area contributed by atoms with Gasteiger partial charge in [0.2, 0.25) is 6.41 Å². The van der Waals surface area contributed by atoms with E-state index in [0.29, 0.717) is 16.7 Å². The van der Waals surface area contributed by atoms with Crippen LogP contribution in [0.2, 0.25) is 0 Å². The molecule has 0 unspecified atom stereocenters. The van der Waals surface area contributed by atoms with Crippen LogP contribution in [0.5, 0.6) is 0 Å². The lowest BCUT2D eigenvalue weighted by atomic mass is 10.3. The summed E-state index contributed by atoms with van der Waals surface area (Å²) in [5.74, 6) is 0. The molecule has 1 amide bonds. The van der Waals surface area contributed by atoms with Crippen molar-refractivity contribution in [3.63, 3.8) is 0 Å². The Kier molecular flexibility index (Phi) is 2.59. The van der Waals surface area contributed by atoms with Crippen LogP contribution in [0.1, 0.15) is 5.56 Å². The van der Waals surface area contributed by atoms with E-state index in [1.807, 2.05) is 13.0 Å². The van der Waals surface area contributed by atoms with Crippen LogP contribution in [-0.2, 0) is 4.79 Å². The Morgan fingerprint density at radius 2 is 2.45 bits per heavy atom. The highest BCUT2D eigenvalue weighted by Crippen LogP contribution is 2.19. The maximum Gasteiger partial charge on any atom is 0.211 e. The van der Waals surface area contributed by atoms with Crippen LogP contribution in [0.25, 0.3) is 0 Å². The Labute approximate surface area is 73.0 Å². The Balaban J connectivity index is 3.01. The minimum Gasteiger partial charge on any atom is -0.326 e. The number of halogens is 1. The highest BCUT2D eigenvalue weighted by Gasteiger charge is 1.98. The maximum atomic E-state index is 10.1. The van der Waals surface area contributed by atoms with Crippen molar-refractivity contribution in [2.45, 2.75) is 6.92 Å². The normalized spacial score (nSPS) is 9.27. The zero-order valence-electron chi connectivity index (χ0n) is 5.97. The summed E-state index contributed by atoms with van der Waals surface area (Å²) in [6.45, 7) is 1.91. The minimum absolute atomic E-state index is 0.626. The number of hydrogen-bond donors (Lipinski definition) is 1. The summed E-state index contributed by atoms with van der Waals surface area (Å²) in [4.78, 5) is 14.1. The van der Waals surface area contributed by atoms with Crippen LogP contribution in [-0.4, -0.2) is 11.4 Å². The summed E-state index contributed by atoms with van der Waals surface area (Å²) in [6, 6.07) is 1.84. The number of pyridine rings is 1. The van der Waals surface area contributed by atoms with Crippen molar-refractivity contribution in [2.24, 2.45) is 0 Å². The van der Waals surface area contributed by atoms with E-state index in [-0.39, 0.29) is 0 Å². The highest BCUT2D eigenvalue weighted by molar-refractivity contribution is 9.10. The molecule has 0 aliphatic heterocycles. The van der Waals surface area contributed by atoms with Crippen molar-refractivity contribution in [3.8, 4) is 0 Å². The molecule has 58 valence electrons. The standard InChI is InChI=1S/C7H7BrN2O/c1-5-2-6(10-4-11)7(8)9-3-5/h2-4H,1H3,(H,10,11). The highest BCUT2D eigenvalue weighted by atomic mass is 79.9. The van der Waals surface area contributed by atoms with Crippen LogP contribution in [0.15, 0.2) is 16.9 Å². The molecular formula is C7H7BrN2O. The first-order chi connectivity index (χ1) is 5.24. The van der Waals surface area contributed by atoms with Gasteiger partial charge in [0.25, 0.3) is 0 Å². The molecule has 3 nitrogen and oxygen atoms in total. The van der Waals surface area contributed by atoms with E-state index in [1.165, 1.54) is 0 Å². The monoisotopic (exact) mass is 214 g/mol. The number of carbonyl (C=O) groups excluding carboxylic acids is 1. The average Bonchev–Trinajstić information content (AvgIpc) is 1.98. The van der Waals surface area contributed by atoms with Gasteiger partial charge in [0.15, 0.2) is 0 Å². The number of aromatic nitrogens is 1. The molecule has 0 fully saturated rings. The predicted molar refractivity (Wildman–Crippen MR) is 46.4 cm³/mol. The van der Waals surface area contributed by atoms with Crippen molar-refractivity contribution in [2.75, 3.05) is 5.32 Å². The van der Waals surface area contributed by atoms with E-state index in [4.69, 9.17) is 0 Å². The van der Waals surface area contributed by atoms with Gasteiger partial charge >= 0.3 is 0 Å². The van der Waals surface area contributed by atoms with Crippen LogP contribution in [0.3, 0.4) is 0 Å². The molecule has 1 N–H and O–H groups in total. The van der Waals surface area contributed by atoms with Crippen molar-refractivity contribution in [3.05, 3.63) is 22.4 Å². The molecule has 0 aliphatic carbocycles. The molecule has 0 radical (unpaired) electrons. The van der Waals surface area contributed by atoms with Gasteiger partial charge < -0.3 is 5.32 Å². The quantitative estimate of drug-likeness (QED) is 0.602. The van der Waals surface area contributed by atoms with E-state index in [1.54, 1.807) is 6.20 Å². The number of nitrogens with one attached hydrogen (secondary N) is 1. The molecule has 0 bridgehead atoms. The topological polar surface area (TPSA) is 42.0 Å². The second kappa shape index (κ2) is 3.48. The molecule has 1 aromatic heterocycles. The third kappa shape index (κ3) is 2.01. The molecule has 0 aliphatic rings. The van der Waals surface area contributed by atoms with Gasteiger partial charge in [-0.25, -0.2) is 4.98 Å². The van der Waals surface area contributed by atoms with Gasteiger partial charge in [0, 0.05) is 6.20 Å². The number of aryl methyl sites for hydroxylation is 1. The number of rotatable bonds is 2. The van der Waals surface area contributed by atoms with E-state index < -0.39 is 0 Å². The molecule has 0 saturated heterocycles. The minimum atomic E-state index is 0.626. The van der Waals surface area contributed by atoms with Gasteiger partial charge in [-0.1, -0.05) is 0 Å². The molecule has 0 spiro atoms. The molecule has 0 saturated carbocycles. The predicted octanol–water partition coefficient (Wildman–Crippen LogP) is 1.72. The number of hydrogen-bond acceptors (Lipinski definition) is 2. The van der Waals surface area contributed by atoms with Gasteiger partial charge in [0.05, 0.1) is 5.69 Å². The lowest BCUT2D eigenvalue weighted by Crippen LogP contribution is -1.96. The number of anilines is 1. The lowest BCUT2D eigenvalue weighted by Gasteiger charge is -2.01. The Bertz CT molecular complexity index is 275. The van der Waals surface area contributed by atoms with Gasteiger partial charge in [-0.15, -0.1) is 0 Å². The first-order valence-corrected chi connectivity index (χ1v) is 3.85. The molecule has 0 aromatic carbocycles. The first kappa shape index (κ1) is 8.20. The van der Waals surface area contributed by atoms with E-state index in [9.17, 15) is 4.79 Å². The zero-order valence-corrected chi connectivity index (χ0v) is 7.55. The molecule has 4 heteroatoms. The summed E-state index contributed by atoms with van der Waals surface area (Å²) >= 11 is 3.20. The fraction of sp³-hybridized carbons (Fsp3) is 0.143. The van der Waals surface area contributed by atoms with Gasteiger partial charge in [-0.3, -0.25) is 4.79 Å². The Morgan fingerprint density at radius 3 is 3.09 bits per heavy atom. The second-order valence-corrected chi connectivity index (χ2v) is 2.86. The van der Waals surface area contributed by atoms with Gasteiger partial charge in [-0.05, 0) is 34.5 Å². The fourth-order valence-electron chi connectivity index (χ4n) is 0.717. The molecule has 11 heavy (non-hydrogen) atoms. The molecule has 1 rings (SSSR count). The van der Waals surface area contributed by atoms with Crippen LogP contribution >= 0.6 is 15.9 Å². The molecule has 1 heterocycles. The van der Waals surface area contributed by atoms with E-state index in [2.05, 4.69) is 26.2 Å². The lowest BCUT2D eigenvalue weighted by molar-refractivity contribution is -0.105. The molecule has 0 atom stereocenters. The maximum absolute atomic E-state index is 10.1. The van der Waals surface area contributed by atoms with Crippen LogP contribution in [0, 0.1) is 6.92 Å². The molecular weight excluding hydrogens is 208 g/mol. The zero-order chi connectivity index (χ0) is 8.27. The first-order valence-electron chi connectivity index (χ1n) is 3.06. The second-order valence-electron chi connectivity index (χ2n) is 2.11. The summed E-state index contributed by atoms with van der Waals surface area (Å²) in [6.07, 6.45) is 2.35. The number of amides is 1. The van der Waals surface area contributed by atoms with E-state index in [0.717, 1.165) is 5.56 Å². The van der Waals surface area contributed by atoms with E-state index >= 15 is 0 Å². The SMILES string of the molecule is Cc1cnc(Br)c(NC=O)c1. The third-order valence-electron chi connectivity index (χ3n) is 1.19. The van der Waals surface area contributed by atoms with Crippen molar-refractivity contribution in [1.29, 1.82) is 0 Å². The van der Waals surface area contributed by atoms with Crippen molar-refractivity contribution >= 4 is 28.0 Å². The molecule has 1 aromatic rings. The van der Waals surface area contributed by atoms with Crippen LogP contribution in [0.4, 0.5) is 5.69 Å². The van der Waals surface area contributed by atoms with Crippen molar-refractivity contribution in [1.82, 2.24) is 4.98 Å².